The second-order valence-electron chi connectivity index (χ2n) is 7.52. The Hall–Kier alpha value is -2.54. The minimum atomic E-state index is -0.00947. The molecule has 0 saturated carbocycles. The topological polar surface area (TPSA) is 12.0 Å². The zero-order valence-corrected chi connectivity index (χ0v) is 13.5. The maximum Gasteiger partial charge on any atom is 0.0472 e. The van der Waals surface area contributed by atoms with E-state index in [1.54, 1.807) is 5.57 Å². The number of benzene rings is 1. The normalized spacial score (nSPS) is 36.5. The molecule has 1 nitrogen and oxygen atoms in total. The third-order valence-corrected chi connectivity index (χ3v) is 6.53. The summed E-state index contributed by atoms with van der Waals surface area (Å²) in [4.78, 5) is 0. The molecule has 1 N–H and O–H groups in total. The summed E-state index contributed by atoms with van der Waals surface area (Å²) in [6, 6.07) is 8.94. The molecule has 1 aromatic carbocycles. The third kappa shape index (κ3) is 1.26. The van der Waals surface area contributed by atoms with Gasteiger partial charge in [0.05, 0.1) is 0 Å². The molecule has 3 atom stereocenters. The van der Waals surface area contributed by atoms with Crippen LogP contribution in [0.1, 0.15) is 29.9 Å². The summed E-state index contributed by atoms with van der Waals surface area (Å²) in [6.07, 6.45) is 23.2. The van der Waals surface area contributed by atoms with Crippen molar-refractivity contribution in [3.8, 4) is 0 Å². The van der Waals surface area contributed by atoms with Crippen LogP contribution in [0, 0.1) is 10.8 Å². The molecule has 1 heteroatoms. The molecule has 0 bridgehead atoms. The molecular weight excluding hydrogens is 290 g/mol. The van der Waals surface area contributed by atoms with Crippen LogP contribution in [0.3, 0.4) is 0 Å². The Morgan fingerprint density at radius 2 is 1.88 bits per heavy atom. The van der Waals surface area contributed by atoms with Gasteiger partial charge in [0.1, 0.15) is 0 Å². The van der Waals surface area contributed by atoms with Gasteiger partial charge in [-0.25, -0.2) is 0 Å². The average molecular weight is 309 g/mol. The molecule has 0 aromatic heterocycles. The summed E-state index contributed by atoms with van der Waals surface area (Å²) in [5.74, 6) is 0.401. The van der Waals surface area contributed by atoms with E-state index in [2.05, 4.69) is 84.3 Å². The third-order valence-electron chi connectivity index (χ3n) is 6.53. The highest BCUT2D eigenvalue weighted by molar-refractivity contribution is 5.84. The predicted octanol–water partition coefficient (Wildman–Crippen LogP) is 5.00. The average Bonchev–Trinajstić information content (AvgIpc) is 2.99. The van der Waals surface area contributed by atoms with Crippen molar-refractivity contribution in [3.05, 3.63) is 101 Å². The van der Waals surface area contributed by atoms with Gasteiger partial charge in [-0.2, -0.15) is 0 Å². The molecule has 1 aromatic rings. The van der Waals surface area contributed by atoms with Gasteiger partial charge < -0.3 is 5.32 Å². The van der Waals surface area contributed by atoms with Crippen LogP contribution in [0.4, 0.5) is 0 Å². The molecule has 5 aliphatic rings. The second kappa shape index (κ2) is 4.10. The minimum Gasteiger partial charge on any atom is -0.358 e. The molecule has 4 aliphatic carbocycles. The SMILES string of the molecule is C1=CCC23CC=CC45C=CC=CC4c4ccccc4C(=C25)NC3=C1. The van der Waals surface area contributed by atoms with Crippen molar-refractivity contribution < 1.29 is 0 Å². The Balaban J connectivity index is 1.75. The molecule has 1 aliphatic heterocycles. The van der Waals surface area contributed by atoms with E-state index in [4.69, 9.17) is 0 Å². The Kier molecular flexibility index (Phi) is 2.19. The first kappa shape index (κ1) is 12.8. The van der Waals surface area contributed by atoms with E-state index in [0.29, 0.717) is 5.92 Å². The van der Waals surface area contributed by atoms with Crippen LogP contribution < -0.4 is 5.32 Å². The lowest BCUT2D eigenvalue weighted by atomic mass is 9.51. The Morgan fingerprint density at radius 3 is 2.88 bits per heavy atom. The molecule has 0 radical (unpaired) electrons. The smallest absolute Gasteiger partial charge is 0.0472 e. The number of rotatable bonds is 0. The largest absolute Gasteiger partial charge is 0.358 e. The fourth-order valence-electron chi connectivity index (χ4n) is 5.61. The zero-order chi connectivity index (χ0) is 15.8. The van der Waals surface area contributed by atoms with Gasteiger partial charge in [-0.3, -0.25) is 0 Å². The van der Waals surface area contributed by atoms with E-state index < -0.39 is 0 Å². The monoisotopic (exact) mass is 309 g/mol. The van der Waals surface area contributed by atoms with Gasteiger partial charge in [0, 0.05) is 33.7 Å². The van der Waals surface area contributed by atoms with Crippen LogP contribution in [0.25, 0.3) is 5.70 Å². The summed E-state index contributed by atoms with van der Waals surface area (Å²) in [5.41, 5.74) is 7.29. The van der Waals surface area contributed by atoms with Crippen molar-refractivity contribution in [1.29, 1.82) is 0 Å². The van der Waals surface area contributed by atoms with Crippen molar-refractivity contribution >= 4 is 5.70 Å². The van der Waals surface area contributed by atoms with Gasteiger partial charge in [0.25, 0.3) is 0 Å². The fraction of sp³-hybridized carbons (Fsp3) is 0.217. The summed E-state index contributed by atoms with van der Waals surface area (Å²) in [6.45, 7) is 0. The first-order chi connectivity index (χ1) is 11.9. The van der Waals surface area contributed by atoms with Crippen LogP contribution in [-0.2, 0) is 0 Å². The second-order valence-corrected chi connectivity index (χ2v) is 7.52. The maximum absolute atomic E-state index is 3.83. The quantitative estimate of drug-likeness (QED) is 0.665. The van der Waals surface area contributed by atoms with Gasteiger partial charge >= 0.3 is 0 Å². The summed E-state index contributed by atoms with van der Waals surface area (Å²) in [5, 5.41) is 3.83. The lowest BCUT2D eigenvalue weighted by Crippen LogP contribution is -2.41. The molecule has 0 amide bonds. The van der Waals surface area contributed by atoms with Crippen molar-refractivity contribution in [1.82, 2.24) is 5.32 Å². The maximum atomic E-state index is 3.83. The van der Waals surface area contributed by atoms with E-state index in [1.807, 2.05) is 0 Å². The van der Waals surface area contributed by atoms with Crippen molar-refractivity contribution in [2.45, 2.75) is 18.8 Å². The van der Waals surface area contributed by atoms with E-state index >= 15 is 0 Å². The highest BCUT2D eigenvalue weighted by atomic mass is 15.0. The van der Waals surface area contributed by atoms with Crippen molar-refractivity contribution in [2.75, 3.05) is 0 Å². The standard InChI is InChI=1S/C23H19N/c1-2-9-17-16(8-1)18-10-3-5-12-22(18)14-7-15-23-13-6-4-11-19(23)24-20(17)21(22)23/h1-12,14,18,24H,13,15H2. The minimum absolute atomic E-state index is 0.00947. The lowest BCUT2D eigenvalue weighted by Gasteiger charge is -2.50. The fourth-order valence-corrected chi connectivity index (χ4v) is 5.61. The molecule has 1 heterocycles. The number of hydrogen-bond donors (Lipinski definition) is 1. The van der Waals surface area contributed by atoms with Crippen LogP contribution >= 0.6 is 0 Å². The van der Waals surface area contributed by atoms with E-state index in [-0.39, 0.29) is 10.8 Å². The molecule has 0 saturated heterocycles. The molecule has 2 spiro atoms. The zero-order valence-electron chi connectivity index (χ0n) is 13.5. The first-order valence-electron chi connectivity index (χ1n) is 8.88. The van der Waals surface area contributed by atoms with Gasteiger partial charge in [-0.1, -0.05) is 72.9 Å². The van der Waals surface area contributed by atoms with Crippen molar-refractivity contribution in [3.63, 3.8) is 0 Å². The summed E-state index contributed by atoms with van der Waals surface area (Å²) >= 11 is 0. The molecule has 24 heavy (non-hydrogen) atoms. The van der Waals surface area contributed by atoms with Gasteiger partial charge in [-0.15, -0.1) is 0 Å². The summed E-state index contributed by atoms with van der Waals surface area (Å²) < 4.78 is 0. The van der Waals surface area contributed by atoms with Crippen molar-refractivity contribution in [2.24, 2.45) is 10.8 Å². The molecular formula is C23H19N. The highest BCUT2D eigenvalue weighted by Crippen LogP contribution is 2.67. The van der Waals surface area contributed by atoms with E-state index in [1.165, 1.54) is 22.5 Å². The molecule has 116 valence electrons. The Morgan fingerprint density at radius 1 is 0.958 bits per heavy atom. The van der Waals surface area contributed by atoms with Gasteiger partial charge in [0.2, 0.25) is 0 Å². The van der Waals surface area contributed by atoms with E-state index in [9.17, 15) is 0 Å². The number of nitrogens with one attached hydrogen (secondary N) is 1. The first-order valence-corrected chi connectivity index (χ1v) is 8.88. The number of hydrogen-bond acceptors (Lipinski definition) is 1. The van der Waals surface area contributed by atoms with Crippen LogP contribution in [0.2, 0.25) is 0 Å². The van der Waals surface area contributed by atoms with E-state index in [0.717, 1.165) is 12.8 Å². The molecule has 6 rings (SSSR count). The Bertz CT molecular complexity index is 952. The number of fused-ring (bicyclic) bond motifs is 3. The van der Waals surface area contributed by atoms with Crippen LogP contribution in [0.15, 0.2) is 90.2 Å². The molecule has 0 fully saturated rings. The van der Waals surface area contributed by atoms with Crippen LogP contribution in [0.5, 0.6) is 0 Å². The lowest BCUT2D eigenvalue weighted by molar-refractivity contribution is 0.333. The number of allylic oxidation sites excluding steroid dienone is 10. The van der Waals surface area contributed by atoms with Crippen LogP contribution in [-0.4, -0.2) is 0 Å². The highest BCUT2D eigenvalue weighted by Gasteiger charge is 2.58. The van der Waals surface area contributed by atoms with Gasteiger partial charge in [-0.05, 0) is 30.1 Å². The Labute approximate surface area is 142 Å². The summed E-state index contributed by atoms with van der Waals surface area (Å²) in [7, 11) is 0. The van der Waals surface area contributed by atoms with Gasteiger partial charge in [0.15, 0.2) is 0 Å². The predicted molar refractivity (Wildman–Crippen MR) is 98.0 cm³/mol. The molecule has 3 unspecified atom stereocenters.